The first-order chi connectivity index (χ1) is 7.72. The van der Waals surface area contributed by atoms with Crippen molar-refractivity contribution in [3.63, 3.8) is 0 Å². The van der Waals surface area contributed by atoms with Crippen molar-refractivity contribution in [2.45, 2.75) is 31.1 Å². The Bertz CT molecular complexity index is 489. The number of hydrogen-bond donors (Lipinski definition) is 0. The number of carbonyl (C=O) groups is 1. The fourth-order valence-corrected chi connectivity index (χ4v) is 3.38. The summed E-state index contributed by atoms with van der Waals surface area (Å²) in [5.74, 6) is 0.342. The molecule has 1 fully saturated rings. The summed E-state index contributed by atoms with van der Waals surface area (Å²) in [4.78, 5) is 11.7. The number of halogens is 1. The fourth-order valence-electron chi connectivity index (χ4n) is 3.00. The minimum Gasteiger partial charge on any atom is -0.300 e. The Labute approximate surface area is 100 Å². The second-order valence-electron chi connectivity index (χ2n) is 4.73. The first-order valence-electron chi connectivity index (χ1n) is 5.71. The number of rotatable bonds is 0. The molecule has 2 aliphatic carbocycles. The molecule has 0 aromatic heterocycles. The Hall–Kier alpha value is -1.08. The van der Waals surface area contributed by atoms with E-state index in [9.17, 15) is 4.79 Å². The van der Waals surface area contributed by atoms with Crippen LogP contribution in [0.25, 0.3) is 6.08 Å². The highest BCUT2D eigenvalue weighted by Gasteiger charge is 2.43. The van der Waals surface area contributed by atoms with Gasteiger partial charge in [0, 0.05) is 23.3 Å². The van der Waals surface area contributed by atoms with E-state index in [1.165, 1.54) is 11.1 Å². The number of ketones is 1. The quantitative estimate of drug-likeness (QED) is 0.667. The lowest BCUT2D eigenvalue weighted by atomic mass is 9.70. The molecule has 0 saturated heterocycles. The molecule has 3 rings (SSSR count). The lowest BCUT2D eigenvalue weighted by molar-refractivity contribution is -0.121. The maximum absolute atomic E-state index is 11.7. The van der Waals surface area contributed by atoms with Gasteiger partial charge in [-0.2, -0.15) is 0 Å². The van der Waals surface area contributed by atoms with E-state index in [-0.39, 0.29) is 5.41 Å². The number of carbonyl (C=O) groups excluding carboxylic acids is 1. The molecule has 0 radical (unpaired) electrons. The summed E-state index contributed by atoms with van der Waals surface area (Å²) in [6, 6.07) is 8.23. The summed E-state index contributed by atoms with van der Waals surface area (Å²) >= 11 is 6.39. The van der Waals surface area contributed by atoms with Crippen molar-refractivity contribution in [3.8, 4) is 0 Å². The minimum absolute atomic E-state index is 0.187. The molecule has 2 heteroatoms. The van der Waals surface area contributed by atoms with Crippen molar-refractivity contribution >= 4 is 23.5 Å². The van der Waals surface area contributed by atoms with Crippen molar-refractivity contribution in [1.82, 2.24) is 0 Å². The normalized spacial score (nSPS) is 28.1. The van der Waals surface area contributed by atoms with E-state index < -0.39 is 0 Å². The highest BCUT2D eigenvalue weighted by atomic mass is 35.5. The molecular weight excluding hydrogens is 220 g/mol. The second-order valence-corrected chi connectivity index (χ2v) is 5.14. The Kier molecular flexibility index (Phi) is 2.18. The van der Waals surface area contributed by atoms with Gasteiger partial charge >= 0.3 is 0 Å². The zero-order valence-electron chi connectivity index (χ0n) is 9.00. The molecule has 0 N–H and O–H groups in total. The van der Waals surface area contributed by atoms with Crippen molar-refractivity contribution in [3.05, 3.63) is 40.4 Å². The highest BCUT2D eigenvalue weighted by Crippen LogP contribution is 2.51. The first-order valence-corrected chi connectivity index (χ1v) is 6.09. The van der Waals surface area contributed by atoms with Gasteiger partial charge in [0.2, 0.25) is 0 Å². The number of allylic oxidation sites excluding steroid dienone is 1. The Morgan fingerprint density at radius 1 is 1.25 bits per heavy atom. The van der Waals surface area contributed by atoms with Crippen LogP contribution >= 0.6 is 11.6 Å². The number of fused-ring (bicyclic) bond motifs is 2. The van der Waals surface area contributed by atoms with E-state index in [1.54, 1.807) is 0 Å². The predicted molar refractivity (Wildman–Crippen MR) is 65.4 cm³/mol. The molecule has 82 valence electrons. The summed E-state index contributed by atoms with van der Waals surface area (Å²) in [7, 11) is 0. The van der Waals surface area contributed by atoms with Gasteiger partial charge in [-0.15, -0.1) is 0 Å². The molecule has 1 spiro atoms. The minimum atomic E-state index is -0.187. The van der Waals surface area contributed by atoms with E-state index in [2.05, 4.69) is 12.1 Å². The molecular formula is C14H13ClO. The maximum atomic E-state index is 11.7. The summed E-state index contributed by atoms with van der Waals surface area (Å²) in [6.45, 7) is 0. The van der Waals surface area contributed by atoms with Gasteiger partial charge in [0.15, 0.2) is 0 Å². The summed E-state index contributed by atoms with van der Waals surface area (Å²) in [5.41, 5.74) is 2.24. The first kappa shape index (κ1) is 10.1. The molecule has 0 amide bonds. The van der Waals surface area contributed by atoms with E-state index in [0.717, 1.165) is 17.9 Å². The van der Waals surface area contributed by atoms with Crippen LogP contribution in [0.15, 0.2) is 29.3 Å². The number of hydrogen-bond acceptors (Lipinski definition) is 1. The van der Waals surface area contributed by atoms with Gasteiger partial charge in [0.05, 0.1) is 0 Å². The van der Waals surface area contributed by atoms with Crippen molar-refractivity contribution in [2.75, 3.05) is 0 Å². The Morgan fingerprint density at radius 3 is 2.88 bits per heavy atom. The van der Waals surface area contributed by atoms with E-state index in [4.69, 9.17) is 11.6 Å². The zero-order valence-corrected chi connectivity index (χ0v) is 9.76. The van der Waals surface area contributed by atoms with E-state index in [1.807, 2.05) is 18.2 Å². The van der Waals surface area contributed by atoms with Crippen LogP contribution in [-0.2, 0) is 10.2 Å². The molecule has 1 unspecified atom stereocenters. The number of Topliss-reactive ketones (excluding diaryl/α,β-unsaturated/α-hetero) is 1. The molecule has 16 heavy (non-hydrogen) atoms. The van der Waals surface area contributed by atoms with Gasteiger partial charge in [-0.05, 0) is 30.0 Å². The Balaban J connectivity index is 2.14. The predicted octanol–water partition coefficient (Wildman–Crippen LogP) is 3.66. The monoisotopic (exact) mass is 232 g/mol. The third kappa shape index (κ3) is 1.28. The van der Waals surface area contributed by atoms with E-state index in [0.29, 0.717) is 18.6 Å². The molecule has 0 aliphatic heterocycles. The molecule has 1 aromatic rings. The largest absolute Gasteiger partial charge is 0.300 e. The summed E-state index contributed by atoms with van der Waals surface area (Å²) in [6.07, 6.45) is 5.28. The average molecular weight is 233 g/mol. The molecule has 1 saturated carbocycles. The summed E-state index contributed by atoms with van der Waals surface area (Å²) in [5, 5.41) is 0.849. The molecule has 1 nitrogen and oxygen atoms in total. The summed E-state index contributed by atoms with van der Waals surface area (Å²) < 4.78 is 0. The van der Waals surface area contributed by atoms with Crippen LogP contribution in [0.4, 0.5) is 0 Å². The van der Waals surface area contributed by atoms with Crippen LogP contribution in [-0.4, -0.2) is 5.78 Å². The SMILES string of the molecule is O=C1CCCC2(C1)C(Cl)=Cc1ccccc12. The van der Waals surface area contributed by atoms with Gasteiger partial charge in [-0.1, -0.05) is 35.9 Å². The average Bonchev–Trinajstić information content (AvgIpc) is 2.53. The smallest absolute Gasteiger partial charge is 0.134 e. The lowest BCUT2D eigenvalue weighted by Crippen LogP contribution is -2.32. The molecule has 0 bridgehead atoms. The van der Waals surface area contributed by atoms with Gasteiger partial charge in [-0.25, -0.2) is 0 Å². The van der Waals surface area contributed by atoms with Crippen LogP contribution in [0, 0.1) is 0 Å². The van der Waals surface area contributed by atoms with Crippen molar-refractivity contribution in [1.29, 1.82) is 0 Å². The molecule has 1 aromatic carbocycles. The van der Waals surface area contributed by atoms with Gasteiger partial charge < -0.3 is 0 Å². The van der Waals surface area contributed by atoms with Gasteiger partial charge in [0.25, 0.3) is 0 Å². The van der Waals surface area contributed by atoms with Crippen LogP contribution in [0.2, 0.25) is 0 Å². The maximum Gasteiger partial charge on any atom is 0.134 e. The van der Waals surface area contributed by atoms with Crippen LogP contribution in [0.5, 0.6) is 0 Å². The zero-order chi connectivity index (χ0) is 11.2. The third-order valence-electron chi connectivity index (χ3n) is 3.77. The molecule has 0 heterocycles. The van der Waals surface area contributed by atoms with Crippen LogP contribution < -0.4 is 0 Å². The topological polar surface area (TPSA) is 17.1 Å². The van der Waals surface area contributed by atoms with Gasteiger partial charge in [-0.3, -0.25) is 4.79 Å². The fraction of sp³-hybridized carbons (Fsp3) is 0.357. The van der Waals surface area contributed by atoms with Crippen molar-refractivity contribution < 1.29 is 4.79 Å². The Morgan fingerprint density at radius 2 is 2.06 bits per heavy atom. The highest BCUT2D eigenvalue weighted by molar-refractivity contribution is 6.34. The lowest BCUT2D eigenvalue weighted by Gasteiger charge is -2.34. The molecule has 2 aliphatic rings. The second kappa shape index (κ2) is 3.46. The molecule has 1 atom stereocenters. The van der Waals surface area contributed by atoms with Crippen LogP contribution in [0.1, 0.15) is 36.8 Å². The van der Waals surface area contributed by atoms with Crippen LogP contribution in [0.3, 0.4) is 0 Å². The van der Waals surface area contributed by atoms with E-state index >= 15 is 0 Å². The third-order valence-corrected chi connectivity index (χ3v) is 4.24. The standard InChI is InChI=1S/C14H13ClO/c15-13-8-10-4-1-2-6-12(10)14(13)7-3-5-11(16)9-14/h1-2,4,6,8H,3,5,7,9H2. The van der Waals surface area contributed by atoms with Gasteiger partial charge in [0.1, 0.15) is 5.78 Å². The van der Waals surface area contributed by atoms with Crippen molar-refractivity contribution in [2.24, 2.45) is 0 Å². The number of benzene rings is 1.